The Morgan fingerprint density at radius 2 is 2.05 bits per heavy atom. The van der Waals surface area contributed by atoms with Crippen molar-refractivity contribution in [1.29, 1.82) is 0 Å². The average Bonchev–Trinajstić information content (AvgIpc) is 3.10. The van der Waals surface area contributed by atoms with Crippen molar-refractivity contribution in [3.63, 3.8) is 0 Å². The number of benzene rings is 1. The summed E-state index contributed by atoms with van der Waals surface area (Å²) in [4.78, 5) is 4.13. The molecular formula is C14H15ClN2O4S. The summed E-state index contributed by atoms with van der Waals surface area (Å²) in [5.41, 5.74) is 0.694. The summed E-state index contributed by atoms with van der Waals surface area (Å²) in [5, 5.41) is 4.34. The zero-order valence-corrected chi connectivity index (χ0v) is 13.3. The van der Waals surface area contributed by atoms with Crippen molar-refractivity contribution in [2.75, 3.05) is 12.4 Å². The number of nitrogens with zero attached hydrogens (tertiary/aromatic N) is 2. The number of aromatic nitrogens is 2. The molecule has 6 nitrogen and oxygen atoms in total. The van der Waals surface area contributed by atoms with Crippen molar-refractivity contribution >= 4 is 21.4 Å². The zero-order chi connectivity index (χ0) is 15.6. The molecule has 0 unspecified atom stereocenters. The Labute approximate surface area is 133 Å². The molecule has 1 aromatic carbocycles. The topological polar surface area (TPSA) is 82.3 Å². The van der Waals surface area contributed by atoms with Gasteiger partial charge in [-0.05, 0) is 37.1 Å². The third-order valence-corrected chi connectivity index (χ3v) is 5.20. The Balaban J connectivity index is 1.69. The Kier molecular flexibility index (Phi) is 4.46. The molecule has 1 aliphatic rings. The Hall–Kier alpha value is -1.44. The van der Waals surface area contributed by atoms with E-state index in [4.69, 9.17) is 20.9 Å². The van der Waals surface area contributed by atoms with Crippen LogP contribution >= 0.6 is 11.6 Å². The third kappa shape index (κ3) is 3.85. The van der Waals surface area contributed by atoms with E-state index >= 15 is 0 Å². The first-order valence-corrected chi connectivity index (χ1v) is 9.12. The molecule has 1 aromatic heterocycles. The molecule has 1 aliphatic heterocycles. The highest BCUT2D eigenvalue weighted by molar-refractivity contribution is 7.90. The second kappa shape index (κ2) is 6.36. The lowest BCUT2D eigenvalue weighted by molar-refractivity contribution is 0.127. The first kappa shape index (κ1) is 15.5. The van der Waals surface area contributed by atoms with Crippen LogP contribution in [0.2, 0.25) is 5.02 Å². The molecule has 0 amide bonds. The van der Waals surface area contributed by atoms with E-state index in [2.05, 4.69) is 10.1 Å². The van der Waals surface area contributed by atoms with Crippen molar-refractivity contribution in [1.82, 2.24) is 10.1 Å². The zero-order valence-electron chi connectivity index (χ0n) is 11.7. The molecule has 8 heteroatoms. The van der Waals surface area contributed by atoms with E-state index in [1.54, 1.807) is 24.3 Å². The third-order valence-electron chi connectivity index (χ3n) is 3.37. The van der Waals surface area contributed by atoms with E-state index in [-0.39, 0.29) is 29.3 Å². The van der Waals surface area contributed by atoms with Gasteiger partial charge < -0.3 is 9.26 Å². The van der Waals surface area contributed by atoms with Gasteiger partial charge in [0.1, 0.15) is 5.75 Å². The summed E-state index contributed by atoms with van der Waals surface area (Å²) in [6.45, 7) is 0.628. The van der Waals surface area contributed by atoms with Gasteiger partial charge in [0, 0.05) is 17.2 Å². The van der Waals surface area contributed by atoms with Gasteiger partial charge in [-0.2, -0.15) is 4.98 Å². The number of ether oxygens (including phenoxy) is 1. The van der Waals surface area contributed by atoms with Gasteiger partial charge in [0.15, 0.2) is 15.7 Å². The van der Waals surface area contributed by atoms with E-state index in [1.165, 1.54) is 0 Å². The molecule has 0 bridgehead atoms. The monoisotopic (exact) mass is 342 g/mol. The Bertz CT molecular complexity index is 736. The molecule has 1 saturated heterocycles. The molecule has 0 saturated carbocycles. The van der Waals surface area contributed by atoms with Crippen LogP contribution in [0.1, 0.15) is 18.7 Å². The number of rotatable bonds is 5. The molecule has 0 spiro atoms. The second-order valence-electron chi connectivity index (χ2n) is 5.21. The van der Waals surface area contributed by atoms with E-state index in [1.807, 2.05) is 0 Å². The van der Waals surface area contributed by atoms with Crippen LogP contribution in [-0.4, -0.2) is 37.0 Å². The minimum Gasteiger partial charge on any atom is -0.377 e. The lowest BCUT2D eigenvalue weighted by Crippen LogP contribution is -2.21. The summed E-state index contributed by atoms with van der Waals surface area (Å²) < 4.78 is 34.7. The number of sulfone groups is 1. The minimum absolute atomic E-state index is 0.00216. The predicted octanol–water partition coefficient (Wildman–Crippen LogP) is 2.48. The maximum atomic E-state index is 12.1. The lowest BCUT2D eigenvalue weighted by atomic mass is 10.2. The van der Waals surface area contributed by atoms with Crippen molar-refractivity contribution in [3.05, 3.63) is 35.1 Å². The summed E-state index contributed by atoms with van der Waals surface area (Å²) in [5.74, 6) is 0.184. The normalized spacial score (nSPS) is 18.7. The van der Waals surface area contributed by atoms with Crippen LogP contribution in [0.3, 0.4) is 0 Å². The first-order chi connectivity index (χ1) is 10.5. The van der Waals surface area contributed by atoms with Crippen molar-refractivity contribution in [3.8, 4) is 11.5 Å². The van der Waals surface area contributed by atoms with Gasteiger partial charge in [0.2, 0.25) is 0 Å². The molecule has 0 radical (unpaired) electrons. The smallest absolute Gasteiger partial charge is 0.257 e. The average molecular weight is 343 g/mol. The van der Waals surface area contributed by atoms with E-state index in [0.29, 0.717) is 17.2 Å². The van der Waals surface area contributed by atoms with Gasteiger partial charge in [-0.3, -0.25) is 0 Å². The number of hydrogen-bond acceptors (Lipinski definition) is 6. The van der Waals surface area contributed by atoms with Gasteiger partial charge in [-0.1, -0.05) is 16.8 Å². The molecule has 1 atom stereocenters. The molecule has 3 rings (SSSR count). The first-order valence-electron chi connectivity index (χ1n) is 6.92. The molecule has 0 N–H and O–H groups in total. The van der Waals surface area contributed by atoms with Gasteiger partial charge in [0.25, 0.3) is 5.89 Å². The van der Waals surface area contributed by atoms with Crippen LogP contribution in [0.25, 0.3) is 11.5 Å². The summed E-state index contributed by atoms with van der Waals surface area (Å²) in [7, 11) is -3.32. The van der Waals surface area contributed by atoms with E-state index in [9.17, 15) is 8.42 Å². The predicted molar refractivity (Wildman–Crippen MR) is 81.2 cm³/mol. The molecule has 2 heterocycles. The molecular weight excluding hydrogens is 328 g/mol. The van der Waals surface area contributed by atoms with Gasteiger partial charge in [-0.25, -0.2) is 8.42 Å². The highest BCUT2D eigenvalue weighted by Gasteiger charge is 2.25. The molecule has 0 aliphatic carbocycles. The minimum atomic E-state index is -3.32. The number of hydrogen-bond donors (Lipinski definition) is 0. The molecule has 118 valence electrons. The van der Waals surface area contributed by atoms with E-state index < -0.39 is 9.84 Å². The maximum Gasteiger partial charge on any atom is 0.257 e. The molecule has 2 aromatic rings. The quantitative estimate of drug-likeness (QED) is 0.830. The Morgan fingerprint density at radius 3 is 2.73 bits per heavy atom. The fourth-order valence-corrected chi connectivity index (χ4v) is 3.92. The van der Waals surface area contributed by atoms with Crippen LogP contribution in [-0.2, 0) is 20.3 Å². The van der Waals surface area contributed by atoms with Crippen molar-refractivity contribution in [2.45, 2.75) is 24.7 Å². The maximum absolute atomic E-state index is 12.1. The van der Waals surface area contributed by atoms with Crippen LogP contribution < -0.4 is 0 Å². The fraction of sp³-hybridized carbons (Fsp3) is 0.429. The standard InChI is InChI=1S/C14H15ClN2O4S/c15-11-5-3-10(4-6-11)14-16-13(17-21-14)9-22(18,19)8-12-2-1-7-20-12/h3-6,12H,1-2,7-9H2/t12-/m0/s1. The van der Waals surface area contributed by atoms with Gasteiger partial charge in [-0.15, -0.1) is 0 Å². The molecule has 1 fully saturated rings. The van der Waals surface area contributed by atoms with Gasteiger partial charge in [0.05, 0.1) is 11.9 Å². The summed E-state index contributed by atoms with van der Waals surface area (Å²) >= 11 is 5.81. The van der Waals surface area contributed by atoms with Crippen LogP contribution in [0, 0.1) is 0 Å². The summed E-state index contributed by atoms with van der Waals surface area (Å²) in [6, 6.07) is 6.88. The second-order valence-corrected chi connectivity index (χ2v) is 7.76. The van der Waals surface area contributed by atoms with Crippen LogP contribution in [0.4, 0.5) is 0 Å². The van der Waals surface area contributed by atoms with Gasteiger partial charge >= 0.3 is 0 Å². The lowest BCUT2D eigenvalue weighted by Gasteiger charge is -2.08. The van der Waals surface area contributed by atoms with Crippen molar-refractivity contribution < 1.29 is 17.7 Å². The van der Waals surface area contributed by atoms with Crippen LogP contribution in [0.15, 0.2) is 28.8 Å². The highest BCUT2D eigenvalue weighted by Crippen LogP contribution is 2.21. The van der Waals surface area contributed by atoms with Crippen molar-refractivity contribution in [2.24, 2.45) is 0 Å². The van der Waals surface area contributed by atoms with Crippen LogP contribution in [0.5, 0.6) is 0 Å². The number of halogens is 1. The SMILES string of the molecule is O=S(=O)(Cc1noc(-c2ccc(Cl)cc2)n1)C[C@@H]1CCCO1. The highest BCUT2D eigenvalue weighted by atomic mass is 35.5. The fourth-order valence-electron chi connectivity index (χ4n) is 2.34. The largest absolute Gasteiger partial charge is 0.377 e. The van der Waals surface area contributed by atoms with E-state index in [0.717, 1.165) is 12.8 Å². The Morgan fingerprint density at radius 1 is 1.27 bits per heavy atom. The summed E-state index contributed by atoms with van der Waals surface area (Å²) in [6.07, 6.45) is 1.47. The molecule has 22 heavy (non-hydrogen) atoms.